The van der Waals surface area contributed by atoms with Crippen molar-refractivity contribution in [3.8, 4) is 0 Å². The molecule has 0 saturated carbocycles. The Morgan fingerprint density at radius 3 is 3.00 bits per heavy atom. The summed E-state index contributed by atoms with van der Waals surface area (Å²) < 4.78 is 5.21. The van der Waals surface area contributed by atoms with Crippen molar-refractivity contribution in [1.82, 2.24) is 10.2 Å². The van der Waals surface area contributed by atoms with Crippen molar-refractivity contribution in [2.45, 2.75) is 51.1 Å². The van der Waals surface area contributed by atoms with Crippen LogP contribution >= 0.6 is 0 Å². The van der Waals surface area contributed by atoms with E-state index in [9.17, 15) is 4.79 Å². The lowest BCUT2D eigenvalue weighted by atomic mass is 10.1. The SMILES string of the molecule is CCCCOC(=O)CN1CCC2CCC(C1)N2. The first-order valence-corrected chi connectivity index (χ1v) is 6.92. The van der Waals surface area contributed by atoms with Crippen molar-refractivity contribution >= 4 is 5.97 Å². The number of likely N-dealkylation sites (tertiary alicyclic amines) is 1. The highest BCUT2D eigenvalue weighted by Gasteiger charge is 2.29. The fourth-order valence-corrected chi connectivity index (χ4v) is 2.72. The van der Waals surface area contributed by atoms with Crippen LogP contribution in [0.5, 0.6) is 0 Å². The van der Waals surface area contributed by atoms with E-state index in [1.165, 1.54) is 19.3 Å². The number of hydrogen-bond donors (Lipinski definition) is 1. The van der Waals surface area contributed by atoms with Crippen LogP contribution in [0, 0.1) is 0 Å². The second-order valence-corrected chi connectivity index (χ2v) is 5.24. The minimum Gasteiger partial charge on any atom is -0.465 e. The molecule has 1 N–H and O–H groups in total. The molecule has 0 aromatic rings. The van der Waals surface area contributed by atoms with Crippen molar-refractivity contribution in [2.24, 2.45) is 0 Å². The number of carbonyl (C=O) groups excluding carboxylic acids is 1. The van der Waals surface area contributed by atoms with Gasteiger partial charge in [-0.1, -0.05) is 13.3 Å². The summed E-state index contributed by atoms with van der Waals surface area (Å²) in [4.78, 5) is 13.9. The van der Waals surface area contributed by atoms with Crippen LogP contribution < -0.4 is 5.32 Å². The normalized spacial score (nSPS) is 29.0. The molecule has 4 nitrogen and oxygen atoms in total. The third-order valence-corrected chi connectivity index (χ3v) is 3.72. The summed E-state index contributed by atoms with van der Waals surface area (Å²) >= 11 is 0. The standard InChI is InChI=1S/C13H24N2O2/c1-2-3-8-17-13(16)10-15-7-6-11-4-5-12(9-15)14-11/h11-12,14H,2-10H2,1H3. The maximum absolute atomic E-state index is 11.6. The summed E-state index contributed by atoms with van der Waals surface area (Å²) in [6.07, 6.45) is 5.77. The third kappa shape index (κ3) is 3.96. The molecule has 2 fully saturated rings. The monoisotopic (exact) mass is 240 g/mol. The molecule has 0 aliphatic carbocycles. The zero-order chi connectivity index (χ0) is 12.1. The maximum Gasteiger partial charge on any atom is 0.320 e. The van der Waals surface area contributed by atoms with E-state index in [1.54, 1.807) is 0 Å². The van der Waals surface area contributed by atoms with Gasteiger partial charge < -0.3 is 10.1 Å². The van der Waals surface area contributed by atoms with Gasteiger partial charge in [-0.25, -0.2) is 0 Å². The molecule has 2 saturated heterocycles. The molecule has 2 aliphatic rings. The lowest BCUT2D eigenvalue weighted by Crippen LogP contribution is -2.38. The fourth-order valence-electron chi connectivity index (χ4n) is 2.72. The first kappa shape index (κ1) is 12.8. The molecule has 2 bridgehead atoms. The Kier molecular flexibility index (Phi) is 4.80. The molecule has 0 radical (unpaired) electrons. The van der Waals surface area contributed by atoms with Crippen LogP contribution in [0.15, 0.2) is 0 Å². The zero-order valence-corrected chi connectivity index (χ0v) is 10.8. The molecule has 0 aromatic carbocycles. The summed E-state index contributed by atoms with van der Waals surface area (Å²) in [6, 6.07) is 1.27. The molecule has 2 aliphatic heterocycles. The van der Waals surface area contributed by atoms with Gasteiger partial charge in [-0.2, -0.15) is 0 Å². The van der Waals surface area contributed by atoms with Crippen molar-refractivity contribution in [3.05, 3.63) is 0 Å². The van der Waals surface area contributed by atoms with Gasteiger partial charge in [0.05, 0.1) is 13.2 Å². The third-order valence-electron chi connectivity index (χ3n) is 3.72. The van der Waals surface area contributed by atoms with Crippen LogP contribution in [0.4, 0.5) is 0 Å². The highest BCUT2D eigenvalue weighted by Crippen LogP contribution is 2.20. The number of unbranched alkanes of at least 4 members (excludes halogenated alkanes) is 1. The van der Waals surface area contributed by atoms with Gasteiger partial charge in [-0.3, -0.25) is 9.69 Å². The molecule has 2 heterocycles. The zero-order valence-electron chi connectivity index (χ0n) is 10.8. The number of hydrogen-bond acceptors (Lipinski definition) is 4. The highest BCUT2D eigenvalue weighted by atomic mass is 16.5. The Hall–Kier alpha value is -0.610. The Bertz CT molecular complexity index is 258. The predicted octanol–water partition coefficient (Wildman–Crippen LogP) is 1.16. The van der Waals surface area contributed by atoms with Gasteiger partial charge in [-0.05, 0) is 25.7 Å². The molecule has 17 heavy (non-hydrogen) atoms. The smallest absolute Gasteiger partial charge is 0.320 e. The first-order valence-electron chi connectivity index (χ1n) is 6.92. The van der Waals surface area contributed by atoms with Crippen LogP contribution in [0.1, 0.15) is 39.0 Å². The Morgan fingerprint density at radius 2 is 2.18 bits per heavy atom. The number of esters is 1. The maximum atomic E-state index is 11.6. The molecule has 2 unspecified atom stereocenters. The van der Waals surface area contributed by atoms with Gasteiger partial charge in [-0.15, -0.1) is 0 Å². The van der Waals surface area contributed by atoms with E-state index in [0.29, 0.717) is 25.2 Å². The minimum atomic E-state index is -0.0591. The van der Waals surface area contributed by atoms with Crippen LogP contribution in [0.25, 0.3) is 0 Å². The highest BCUT2D eigenvalue weighted by molar-refractivity contribution is 5.71. The quantitative estimate of drug-likeness (QED) is 0.578. The number of carbonyl (C=O) groups is 1. The lowest BCUT2D eigenvalue weighted by Gasteiger charge is -2.22. The average molecular weight is 240 g/mol. The van der Waals surface area contributed by atoms with Gasteiger partial charge in [0.15, 0.2) is 0 Å². The summed E-state index contributed by atoms with van der Waals surface area (Å²) in [7, 11) is 0. The van der Waals surface area contributed by atoms with Crippen molar-refractivity contribution < 1.29 is 9.53 Å². The van der Waals surface area contributed by atoms with Gasteiger partial charge in [0.25, 0.3) is 0 Å². The van der Waals surface area contributed by atoms with Crippen LogP contribution in [-0.4, -0.2) is 49.2 Å². The largest absolute Gasteiger partial charge is 0.465 e. The molecule has 0 amide bonds. The first-order chi connectivity index (χ1) is 8.28. The van der Waals surface area contributed by atoms with E-state index >= 15 is 0 Å². The van der Waals surface area contributed by atoms with Gasteiger partial charge in [0.1, 0.15) is 0 Å². The number of fused-ring (bicyclic) bond motifs is 2. The van der Waals surface area contributed by atoms with Crippen molar-refractivity contribution in [1.29, 1.82) is 0 Å². The fraction of sp³-hybridized carbons (Fsp3) is 0.923. The summed E-state index contributed by atoms with van der Waals surface area (Å²) in [6.45, 7) is 5.17. The minimum absolute atomic E-state index is 0.0591. The number of ether oxygens (including phenoxy) is 1. The Balaban J connectivity index is 1.69. The summed E-state index contributed by atoms with van der Waals surface area (Å²) in [5.74, 6) is -0.0591. The summed E-state index contributed by atoms with van der Waals surface area (Å²) in [5.41, 5.74) is 0. The van der Waals surface area contributed by atoms with E-state index in [4.69, 9.17) is 4.74 Å². The van der Waals surface area contributed by atoms with E-state index in [1.807, 2.05) is 0 Å². The molecule has 0 aromatic heterocycles. The second-order valence-electron chi connectivity index (χ2n) is 5.24. The van der Waals surface area contributed by atoms with Gasteiger partial charge >= 0.3 is 5.97 Å². The van der Waals surface area contributed by atoms with E-state index in [2.05, 4.69) is 17.1 Å². The molecule has 98 valence electrons. The van der Waals surface area contributed by atoms with Gasteiger partial charge in [0.2, 0.25) is 0 Å². The molecule has 4 heteroatoms. The Labute approximate surface area is 104 Å². The molecule has 2 rings (SSSR count). The summed E-state index contributed by atoms with van der Waals surface area (Å²) in [5, 5.41) is 3.61. The topological polar surface area (TPSA) is 41.6 Å². The van der Waals surface area contributed by atoms with E-state index in [0.717, 1.165) is 25.9 Å². The number of nitrogens with one attached hydrogen (secondary N) is 1. The predicted molar refractivity (Wildman–Crippen MR) is 66.9 cm³/mol. The lowest BCUT2D eigenvalue weighted by molar-refractivity contribution is -0.145. The number of nitrogens with zero attached hydrogens (tertiary/aromatic N) is 1. The molecule has 0 spiro atoms. The average Bonchev–Trinajstić information content (AvgIpc) is 2.63. The van der Waals surface area contributed by atoms with Crippen LogP contribution in [0.3, 0.4) is 0 Å². The molecular weight excluding hydrogens is 216 g/mol. The van der Waals surface area contributed by atoms with Crippen molar-refractivity contribution in [2.75, 3.05) is 26.2 Å². The molecular formula is C13H24N2O2. The molecule has 2 atom stereocenters. The second kappa shape index (κ2) is 6.36. The van der Waals surface area contributed by atoms with E-state index in [-0.39, 0.29) is 5.97 Å². The van der Waals surface area contributed by atoms with Crippen molar-refractivity contribution in [3.63, 3.8) is 0 Å². The van der Waals surface area contributed by atoms with Crippen LogP contribution in [-0.2, 0) is 9.53 Å². The van der Waals surface area contributed by atoms with E-state index < -0.39 is 0 Å². The Morgan fingerprint density at radius 1 is 1.35 bits per heavy atom. The van der Waals surface area contributed by atoms with Crippen LogP contribution in [0.2, 0.25) is 0 Å². The van der Waals surface area contributed by atoms with Gasteiger partial charge in [0, 0.05) is 25.2 Å². The number of rotatable bonds is 5.